The van der Waals surface area contributed by atoms with Gasteiger partial charge in [-0.3, -0.25) is 4.79 Å². The van der Waals surface area contributed by atoms with Gasteiger partial charge < -0.3 is 9.47 Å². The summed E-state index contributed by atoms with van der Waals surface area (Å²) < 4.78 is 11.7. The van der Waals surface area contributed by atoms with E-state index in [0.29, 0.717) is 41.8 Å². The maximum Gasteiger partial charge on any atom is 0.306 e. The molecule has 0 aromatic rings. The SMILES string of the molecule is C[C@]12CCCCC1CC[C@H]1[C@H]3CC[C@H]([C@@H]4COC(=O)C4)[C@]34COC4C[C@@H]12. The molecule has 0 aromatic carbocycles. The molecular formula is C23H34O3. The topological polar surface area (TPSA) is 35.5 Å². The van der Waals surface area contributed by atoms with Crippen LogP contribution in [-0.2, 0) is 14.3 Å². The molecule has 3 nitrogen and oxygen atoms in total. The van der Waals surface area contributed by atoms with Crippen molar-refractivity contribution in [3.8, 4) is 0 Å². The molecule has 6 rings (SSSR count). The first-order chi connectivity index (χ1) is 12.6. The maximum absolute atomic E-state index is 11.7. The normalized spacial score (nSPS) is 58.0. The number of rotatable bonds is 1. The molecule has 2 saturated heterocycles. The minimum atomic E-state index is 0.0375. The van der Waals surface area contributed by atoms with Crippen molar-refractivity contribution in [2.45, 2.75) is 77.2 Å². The zero-order chi connectivity index (χ0) is 17.5. The van der Waals surface area contributed by atoms with Crippen LogP contribution in [0.1, 0.15) is 71.1 Å². The van der Waals surface area contributed by atoms with E-state index in [-0.39, 0.29) is 5.97 Å². The largest absolute Gasteiger partial charge is 0.465 e. The fraction of sp³-hybridized carbons (Fsp3) is 0.957. The average molecular weight is 359 g/mol. The number of hydrogen-bond acceptors (Lipinski definition) is 3. The first-order valence-electron chi connectivity index (χ1n) is 11.4. The average Bonchev–Trinajstić information content (AvgIpc) is 3.22. The fourth-order valence-corrected chi connectivity index (χ4v) is 9.25. The van der Waals surface area contributed by atoms with Crippen LogP contribution in [0.25, 0.3) is 0 Å². The Hall–Kier alpha value is -0.570. The van der Waals surface area contributed by atoms with Crippen molar-refractivity contribution in [1.82, 2.24) is 0 Å². The predicted octanol–water partition coefficient (Wildman–Crippen LogP) is 4.59. The van der Waals surface area contributed by atoms with Crippen LogP contribution in [0.15, 0.2) is 0 Å². The minimum absolute atomic E-state index is 0.0375. The second-order valence-corrected chi connectivity index (χ2v) is 10.9. The lowest BCUT2D eigenvalue weighted by atomic mass is 9.42. The number of ether oxygens (including phenoxy) is 2. The molecule has 144 valence electrons. The summed E-state index contributed by atoms with van der Waals surface area (Å²) in [6.45, 7) is 4.30. The van der Waals surface area contributed by atoms with Crippen LogP contribution in [0, 0.1) is 46.3 Å². The Morgan fingerprint density at radius 1 is 1.00 bits per heavy atom. The lowest BCUT2D eigenvalue weighted by Gasteiger charge is -2.67. The van der Waals surface area contributed by atoms with Gasteiger partial charge in [0.1, 0.15) is 0 Å². The molecule has 6 aliphatic rings. The van der Waals surface area contributed by atoms with Gasteiger partial charge in [-0.2, -0.15) is 0 Å². The molecule has 4 saturated carbocycles. The molecule has 2 heterocycles. The monoisotopic (exact) mass is 358 g/mol. The zero-order valence-electron chi connectivity index (χ0n) is 16.3. The molecule has 9 atom stereocenters. The highest BCUT2D eigenvalue weighted by Crippen LogP contribution is 2.71. The third kappa shape index (κ3) is 1.92. The number of carbonyl (C=O) groups is 1. The van der Waals surface area contributed by atoms with Crippen molar-refractivity contribution in [2.24, 2.45) is 46.3 Å². The van der Waals surface area contributed by atoms with Crippen molar-refractivity contribution in [3.63, 3.8) is 0 Å². The molecule has 1 spiro atoms. The van der Waals surface area contributed by atoms with Crippen LogP contribution in [0.4, 0.5) is 0 Å². The van der Waals surface area contributed by atoms with E-state index in [1.54, 1.807) is 0 Å². The molecule has 0 radical (unpaired) electrons. The Kier molecular flexibility index (Phi) is 3.46. The summed E-state index contributed by atoms with van der Waals surface area (Å²) in [7, 11) is 0. The van der Waals surface area contributed by atoms with Gasteiger partial charge in [0.05, 0.1) is 25.7 Å². The van der Waals surface area contributed by atoms with Gasteiger partial charge in [-0.05, 0) is 80.0 Å². The summed E-state index contributed by atoms with van der Waals surface area (Å²) in [6.07, 6.45) is 13.9. The highest BCUT2D eigenvalue weighted by Gasteiger charge is 2.70. The molecule has 3 heteroatoms. The number of esters is 1. The van der Waals surface area contributed by atoms with Gasteiger partial charge in [0.15, 0.2) is 0 Å². The van der Waals surface area contributed by atoms with Gasteiger partial charge in [-0.1, -0.05) is 19.8 Å². The van der Waals surface area contributed by atoms with Gasteiger partial charge in [-0.25, -0.2) is 0 Å². The first-order valence-corrected chi connectivity index (χ1v) is 11.4. The molecule has 2 aliphatic heterocycles. The number of hydrogen-bond donors (Lipinski definition) is 0. The Balaban J connectivity index is 1.32. The molecule has 4 aliphatic carbocycles. The van der Waals surface area contributed by atoms with Crippen LogP contribution >= 0.6 is 0 Å². The van der Waals surface area contributed by atoms with Gasteiger partial charge in [0.2, 0.25) is 0 Å². The third-order valence-electron chi connectivity index (χ3n) is 10.4. The molecule has 0 amide bonds. The van der Waals surface area contributed by atoms with Crippen LogP contribution < -0.4 is 0 Å². The smallest absolute Gasteiger partial charge is 0.306 e. The predicted molar refractivity (Wildman–Crippen MR) is 98.3 cm³/mol. The summed E-state index contributed by atoms with van der Waals surface area (Å²) in [6, 6.07) is 0. The minimum Gasteiger partial charge on any atom is -0.465 e. The van der Waals surface area contributed by atoms with E-state index in [9.17, 15) is 4.79 Å². The van der Waals surface area contributed by atoms with E-state index in [4.69, 9.17) is 9.47 Å². The number of fused-ring (bicyclic) bond motifs is 4. The molecule has 6 fully saturated rings. The first kappa shape index (κ1) is 16.4. The summed E-state index contributed by atoms with van der Waals surface area (Å²) in [5, 5.41) is 0. The Morgan fingerprint density at radius 3 is 2.65 bits per heavy atom. The van der Waals surface area contributed by atoms with Crippen molar-refractivity contribution < 1.29 is 14.3 Å². The maximum atomic E-state index is 11.7. The van der Waals surface area contributed by atoms with E-state index in [2.05, 4.69) is 6.92 Å². The fourth-order valence-electron chi connectivity index (χ4n) is 9.25. The molecule has 26 heavy (non-hydrogen) atoms. The van der Waals surface area contributed by atoms with Crippen LogP contribution in [0.2, 0.25) is 0 Å². The highest BCUT2D eigenvalue weighted by atomic mass is 16.5. The van der Waals surface area contributed by atoms with E-state index >= 15 is 0 Å². The van der Waals surface area contributed by atoms with Gasteiger partial charge in [-0.15, -0.1) is 0 Å². The lowest BCUT2D eigenvalue weighted by Crippen LogP contribution is -2.67. The van der Waals surface area contributed by atoms with E-state index < -0.39 is 0 Å². The summed E-state index contributed by atoms with van der Waals surface area (Å²) in [4.78, 5) is 11.7. The van der Waals surface area contributed by atoms with Crippen molar-refractivity contribution >= 4 is 5.97 Å². The number of carbonyl (C=O) groups excluding carboxylic acids is 1. The molecule has 0 aromatic heterocycles. The van der Waals surface area contributed by atoms with Gasteiger partial charge in [0, 0.05) is 11.3 Å². The molecule has 0 N–H and O–H groups in total. The van der Waals surface area contributed by atoms with E-state index in [1.807, 2.05) is 0 Å². The Bertz CT molecular complexity index is 617. The third-order valence-corrected chi connectivity index (χ3v) is 10.4. The van der Waals surface area contributed by atoms with Gasteiger partial charge in [0.25, 0.3) is 0 Å². The molecule has 0 bridgehead atoms. The molecular weight excluding hydrogens is 324 g/mol. The van der Waals surface area contributed by atoms with Crippen molar-refractivity contribution in [3.05, 3.63) is 0 Å². The van der Waals surface area contributed by atoms with Crippen LogP contribution in [0.3, 0.4) is 0 Å². The standard InChI is InChI=1S/C23H34O3/c1-22-9-3-2-4-15(22)5-6-16-18-8-7-17(14-10-21(24)25-12-14)23(18)13-26-20(23)11-19(16)22/h14-20H,2-13H2,1H3/t14-,15?,16-,17+,18+,19-,20?,22-,23+/m0/s1. The highest BCUT2D eigenvalue weighted by molar-refractivity contribution is 5.71. The second-order valence-electron chi connectivity index (χ2n) is 10.9. The Labute approximate surface area is 157 Å². The summed E-state index contributed by atoms with van der Waals surface area (Å²) >= 11 is 0. The molecule has 2 unspecified atom stereocenters. The van der Waals surface area contributed by atoms with Crippen LogP contribution in [-0.4, -0.2) is 25.3 Å². The van der Waals surface area contributed by atoms with Crippen molar-refractivity contribution in [2.75, 3.05) is 13.2 Å². The zero-order valence-corrected chi connectivity index (χ0v) is 16.3. The quantitative estimate of drug-likeness (QED) is 0.643. The second kappa shape index (κ2) is 5.49. The van der Waals surface area contributed by atoms with Crippen molar-refractivity contribution in [1.29, 1.82) is 0 Å². The van der Waals surface area contributed by atoms with E-state index in [0.717, 1.165) is 30.3 Å². The summed E-state index contributed by atoms with van der Waals surface area (Å²) in [5.74, 6) is 4.84. The van der Waals surface area contributed by atoms with Crippen LogP contribution in [0.5, 0.6) is 0 Å². The Morgan fingerprint density at radius 2 is 1.88 bits per heavy atom. The van der Waals surface area contributed by atoms with E-state index in [1.165, 1.54) is 57.8 Å². The van der Waals surface area contributed by atoms with Gasteiger partial charge >= 0.3 is 5.97 Å². The number of cyclic esters (lactones) is 1. The lowest BCUT2D eigenvalue weighted by molar-refractivity contribution is -0.287. The summed E-state index contributed by atoms with van der Waals surface area (Å²) in [5.41, 5.74) is 0.981.